The molecule has 0 fully saturated rings. The van der Waals surface area contributed by atoms with E-state index < -0.39 is 5.97 Å². The molecule has 4 heteroatoms. The Hall–Kier alpha value is -2.75. The lowest BCUT2D eigenvalue weighted by molar-refractivity contribution is 0.0697. The number of aromatic carboxylic acids is 1. The van der Waals surface area contributed by atoms with Crippen LogP contribution in [-0.4, -0.2) is 18.2 Å². The van der Waals surface area contributed by atoms with Crippen LogP contribution in [0.1, 0.15) is 39.9 Å². The summed E-state index contributed by atoms with van der Waals surface area (Å²) in [6, 6.07) is 13.5. The van der Waals surface area contributed by atoms with Crippen LogP contribution in [0.4, 0.5) is 5.69 Å². The lowest BCUT2D eigenvalue weighted by Crippen LogP contribution is -2.29. The van der Waals surface area contributed by atoms with Crippen LogP contribution in [0.3, 0.4) is 0 Å². The molecule has 0 saturated heterocycles. The summed E-state index contributed by atoms with van der Waals surface area (Å²) in [7, 11) is 1.69. The van der Waals surface area contributed by atoms with Gasteiger partial charge in [-0.1, -0.05) is 36.4 Å². The molecule has 0 saturated carbocycles. The third kappa shape index (κ3) is 2.26. The van der Waals surface area contributed by atoms with E-state index in [9.17, 15) is 4.79 Å². The van der Waals surface area contributed by atoms with Gasteiger partial charge in [0.25, 0.3) is 0 Å². The Kier molecular flexibility index (Phi) is 3.53. The number of allylic oxidation sites excluding steroid dienone is 2. The Morgan fingerprint density at radius 1 is 1.21 bits per heavy atom. The molecule has 1 heterocycles. The number of hydrogen-bond donors (Lipinski definition) is 2. The quantitative estimate of drug-likeness (QED) is 0.831. The van der Waals surface area contributed by atoms with E-state index >= 15 is 0 Å². The first-order valence-corrected chi connectivity index (χ1v) is 8.12. The summed E-state index contributed by atoms with van der Waals surface area (Å²) in [6.07, 6.45) is 5.53. The number of rotatable bonds is 3. The van der Waals surface area contributed by atoms with Crippen molar-refractivity contribution in [2.24, 2.45) is 5.92 Å². The number of nitrogens with one attached hydrogen (secondary N) is 1. The summed E-state index contributed by atoms with van der Waals surface area (Å²) >= 11 is 0. The molecule has 2 aromatic rings. The average Bonchev–Trinajstić information content (AvgIpc) is 3.10. The normalized spacial score (nSPS) is 24.0. The van der Waals surface area contributed by atoms with Gasteiger partial charge in [-0.15, -0.1) is 0 Å². The van der Waals surface area contributed by atoms with Gasteiger partial charge in [-0.3, -0.25) is 0 Å². The maximum absolute atomic E-state index is 11.1. The van der Waals surface area contributed by atoms with Gasteiger partial charge in [-0.05, 0) is 41.7 Å². The van der Waals surface area contributed by atoms with Crippen LogP contribution in [0, 0.1) is 5.92 Å². The van der Waals surface area contributed by atoms with Crippen molar-refractivity contribution < 1.29 is 14.6 Å². The summed E-state index contributed by atoms with van der Waals surface area (Å²) in [5, 5.41) is 12.7. The van der Waals surface area contributed by atoms with Crippen molar-refractivity contribution in [2.45, 2.75) is 18.4 Å². The Morgan fingerprint density at radius 2 is 2.00 bits per heavy atom. The predicted octanol–water partition coefficient (Wildman–Crippen LogP) is 4.22. The zero-order valence-corrected chi connectivity index (χ0v) is 13.4. The average molecular weight is 321 g/mol. The third-order valence-electron chi connectivity index (χ3n) is 5.10. The highest BCUT2D eigenvalue weighted by Gasteiger charge is 2.38. The molecule has 2 N–H and O–H groups in total. The molecule has 1 aliphatic carbocycles. The minimum absolute atomic E-state index is 0.136. The van der Waals surface area contributed by atoms with Crippen LogP contribution in [-0.2, 0) is 0 Å². The lowest BCUT2D eigenvalue weighted by Gasteiger charge is -2.38. The van der Waals surface area contributed by atoms with Crippen molar-refractivity contribution in [2.75, 3.05) is 12.4 Å². The molecule has 4 rings (SSSR count). The van der Waals surface area contributed by atoms with E-state index in [1.165, 1.54) is 5.56 Å². The third-order valence-corrected chi connectivity index (χ3v) is 5.10. The number of fused-ring (bicyclic) bond motifs is 3. The highest BCUT2D eigenvalue weighted by molar-refractivity contribution is 5.87. The molecule has 0 unspecified atom stereocenters. The van der Waals surface area contributed by atoms with E-state index in [4.69, 9.17) is 9.84 Å². The summed E-state index contributed by atoms with van der Waals surface area (Å²) in [4.78, 5) is 11.1. The number of benzene rings is 2. The van der Waals surface area contributed by atoms with Crippen molar-refractivity contribution in [3.63, 3.8) is 0 Å². The van der Waals surface area contributed by atoms with Crippen LogP contribution < -0.4 is 10.1 Å². The molecule has 4 nitrogen and oxygen atoms in total. The van der Waals surface area contributed by atoms with Crippen molar-refractivity contribution in [1.82, 2.24) is 0 Å². The summed E-state index contributed by atoms with van der Waals surface area (Å²) < 4.78 is 5.53. The molecule has 0 spiro atoms. The monoisotopic (exact) mass is 321 g/mol. The van der Waals surface area contributed by atoms with E-state index in [2.05, 4.69) is 23.5 Å². The maximum Gasteiger partial charge on any atom is 0.335 e. The highest BCUT2D eigenvalue weighted by Crippen LogP contribution is 2.52. The standard InChI is InChI=1S/C20H19NO3/c1-24-17-7-3-6-16-14-4-2-5-15(14)18(21-19(16)17)12-8-10-13(11-9-12)20(22)23/h2-4,6-11,14-15,18,21H,5H2,1H3,(H,22,23)/t14-,15+,18+/m0/s1. The van der Waals surface area contributed by atoms with Crippen LogP contribution in [0.25, 0.3) is 0 Å². The van der Waals surface area contributed by atoms with Gasteiger partial charge in [0.2, 0.25) is 0 Å². The zero-order valence-electron chi connectivity index (χ0n) is 13.4. The van der Waals surface area contributed by atoms with Gasteiger partial charge in [0.05, 0.1) is 24.4 Å². The molecule has 2 aliphatic rings. The van der Waals surface area contributed by atoms with E-state index in [0.717, 1.165) is 23.4 Å². The fraction of sp³-hybridized carbons (Fsp3) is 0.250. The summed E-state index contributed by atoms with van der Waals surface area (Å²) in [5.74, 6) is 0.741. The number of hydrogen-bond acceptors (Lipinski definition) is 3. The fourth-order valence-electron chi connectivity index (χ4n) is 3.93. The van der Waals surface area contributed by atoms with Crippen molar-refractivity contribution in [1.29, 1.82) is 0 Å². The molecule has 0 aromatic heterocycles. The molecule has 0 amide bonds. The molecule has 0 bridgehead atoms. The van der Waals surface area contributed by atoms with Crippen LogP contribution in [0.15, 0.2) is 54.6 Å². The molecule has 24 heavy (non-hydrogen) atoms. The number of carbonyl (C=O) groups is 1. The summed E-state index contributed by atoms with van der Waals surface area (Å²) in [6.45, 7) is 0. The molecule has 2 aromatic carbocycles. The van der Waals surface area contributed by atoms with Gasteiger partial charge in [0.1, 0.15) is 5.75 Å². The van der Waals surface area contributed by atoms with E-state index in [1.54, 1.807) is 19.2 Å². The molecular formula is C20H19NO3. The number of carboxylic acids is 1. The van der Waals surface area contributed by atoms with Gasteiger partial charge >= 0.3 is 5.97 Å². The van der Waals surface area contributed by atoms with Crippen LogP contribution in [0.2, 0.25) is 0 Å². The first kappa shape index (κ1) is 14.8. The second-order valence-corrected chi connectivity index (χ2v) is 6.33. The number of methoxy groups -OCH3 is 1. The van der Waals surface area contributed by atoms with E-state index in [0.29, 0.717) is 17.4 Å². The van der Waals surface area contributed by atoms with Gasteiger partial charge in [0, 0.05) is 5.92 Å². The molecule has 3 atom stereocenters. The van der Waals surface area contributed by atoms with Gasteiger partial charge in [-0.25, -0.2) is 4.79 Å². The number of carboxylic acid groups (broad SMARTS) is 1. The van der Waals surface area contributed by atoms with Crippen LogP contribution in [0.5, 0.6) is 5.75 Å². The second-order valence-electron chi connectivity index (χ2n) is 6.33. The number of ether oxygens (including phenoxy) is 1. The highest BCUT2D eigenvalue weighted by atomic mass is 16.5. The minimum atomic E-state index is -0.898. The molecule has 0 radical (unpaired) electrons. The van der Waals surface area contributed by atoms with Crippen molar-refractivity contribution in [3.8, 4) is 5.75 Å². The molecular weight excluding hydrogens is 302 g/mol. The second kappa shape index (κ2) is 5.71. The van der Waals surface area contributed by atoms with Crippen molar-refractivity contribution in [3.05, 3.63) is 71.3 Å². The molecule has 1 aliphatic heterocycles. The Bertz CT molecular complexity index is 810. The SMILES string of the molecule is COc1cccc2c1N[C@H](c1ccc(C(=O)O)cc1)[C@@H]1CC=C[C@H]21. The Morgan fingerprint density at radius 3 is 2.71 bits per heavy atom. The van der Waals surface area contributed by atoms with E-state index in [1.807, 2.05) is 24.3 Å². The Labute approximate surface area is 140 Å². The summed E-state index contributed by atoms with van der Waals surface area (Å²) in [5.41, 5.74) is 3.73. The van der Waals surface area contributed by atoms with E-state index in [-0.39, 0.29) is 6.04 Å². The van der Waals surface area contributed by atoms with Gasteiger partial charge in [0.15, 0.2) is 0 Å². The fourth-order valence-corrected chi connectivity index (χ4v) is 3.93. The van der Waals surface area contributed by atoms with Gasteiger partial charge < -0.3 is 15.2 Å². The minimum Gasteiger partial charge on any atom is -0.495 e. The largest absolute Gasteiger partial charge is 0.495 e. The van der Waals surface area contributed by atoms with Crippen LogP contribution >= 0.6 is 0 Å². The number of anilines is 1. The Balaban J connectivity index is 1.76. The first-order valence-electron chi connectivity index (χ1n) is 8.12. The van der Waals surface area contributed by atoms with Crippen molar-refractivity contribution >= 4 is 11.7 Å². The lowest BCUT2D eigenvalue weighted by atomic mass is 9.77. The predicted molar refractivity (Wildman–Crippen MR) is 92.7 cm³/mol. The smallest absolute Gasteiger partial charge is 0.335 e. The topological polar surface area (TPSA) is 58.6 Å². The zero-order chi connectivity index (χ0) is 16.7. The maximum atomic E-state index is 11.1. The first-order chi connectivity index (χ1) is 11.7. The molecule has 122 valence electrons. The number of para-hydroxylation sites is 1. The van der Waals surface area contributed by atoms with Gasteiger partial charge in [-0.2, -0.15) is 0 Å².